The van der Waals surface area contributed by atoms with Gasteiger partial charge in [-0.25, -0.2) is 4.98 Å². The maximum atomic E-state index is 5.68. The minimum Gasteiger partial charge on any atom is -0.381 e. The lowest BCUT2D eigenvalue weighted by molar-refractivity contribution is 0.0461. The summed E-state index contributed by atoms with van der Waals surface area (Å²) >= 11 is 1.72. The third-order valence-corrected chi connectivity index (χ3v) is 6.41. The summed E-state index contributed by atoms with van der Waals surface area (Å²) in [4.78, 5) is 11.5. The van der Waals surface area contributed by atoms with Gasteiger partial charge in [-0.3, -0.25) is 0 Å². The average molecular weight is 392 g/mol. The molecule has 2 aromatic rings. The second-order valence-electron chi connectivity index (χ2n) is 7.82. The van der Waals surface area contributed by atoms with E-state index in [0.29, 0.717) is 12.0 Å². The maximum Gasteiger partial charge on any atom is 0.244 e. The van der Waals surface area contributed by atoms with Gasteiger partial charge in [0.2, 0.25) is 5.89 Å². The second kappa shape index (κ2) is 8.67. The summed E-state index contributed by atoms with van der Waals surface area (Å²) < 4.78 is 11.2. The maximum absolute atomic E-state index is 5.68. The zero-order valence-electron chi connectivity index (χ0n) is 16.1. The van der Waals surface area contributed by atoms with Crippen LogP contribution in [0.25, 0.3) is 0 Å². The molecule has 7 nitrogen and oxygen atoms in total. The Kier molecular flexibility index (Phi) is 6.04. The number of hydrogen-bond acceptors (Lipinski definition) is 8. The van der Waals surface area contributed by atoms with Gasteiger partial charge in [-0.05, 0) is 31.6 Å². The Morgan fingerprint density at radius 1 is 1.19 bits per heavy atom. The van der Waals surface area contributed by atoms with Crippen molar-refractivity contribution in [3.05, 3.63) is 23.3 Å². The Morgan fingerprint density at radius 2 is 1.96 bits per heavy atom. The predicted octanol–water partition coefficient (Wildman–Crippen LogP) is 3.38. The summed E-state index contributed by atoms with van der Waals surface area (Å²) in [6.45, 7) is 7.90. The van der Waals surface area contributed by atoms with E-state index in [4.69, 9.17) is 14.2 Å². The van der Waals surface area contributed by atoms with Crippen LogP contribution >= 0.6 is 11.3 Å². The Labute approximate surface area is 164 Å². The van der Waals surface area contributed by atoms with E-state index in [1.165, 1.54) is 0 Å². The van der Waals surface area contributed by atoms with Crippen LogP contribution in [0.15, 0.2) is 16.1 Å². The summed E-state index contributed by atoms with van der Waals surface area (Å²) in [5.41, 5.74) is 0. The van der Waals surface area contributed by atoms with Crippen LogP contribution < -0.4 is 10.2 Å². The third kappa shape index (κ3) is 4.50. The number of piperidine rings is 1. The molecule has 148 valence electrons. The number of rotatable bonds is 6. The quantitative estimate of drug-likeness (QED) is 0.809. The normalized spacial score (nSPS) is 21.1. The molecular weight excluding hydrogens is 362 g/mol. The molecule has 1 unspecified atom stereocenters. The standard InChI is InChI=1S/C19H29N5O2S/c1-13(2)17-22-18(26-23-17)16(14-5-10-25-11-6-14)21-15-3-8-24(9-4-15)19-20-7-12-27-19/h7,12-16,21H,3-6,8-11H2,1-2H3. The molecule has 8 heteroatoms. The highest BCUT2D eigenvalue weighted by molar-refractivity contribution is 7.13. The van der Waals surface area contributed by atoms with Crippen LogP contribution in [0.1, 0.15) is 63.2 Å². The van der Waals surface area contributed by atoms with Crippen molar-refractivity contribution in [2.45, 2.75) is 57.5 Å². The van der Waals surface area contributed by atoms with Gasteiger partial charge in [-0.1, -0.05) is 19.0 Å². The van der Waals surface area contributed by atoms with Gasteiger partial charge < -0.3 is 19.5 Å². The summed E-state index contributed by atoms with van der Waals surface area (Å²) in [7, 11) is 0. The van der Waals surface area contributed by atoms with Crippen LogP contribution in [0, 0.1) is 5.92 Å². The molecule has 0 amide bonds. The van der Waals surface area contributed by atoms with E-state index >= 15 is 0 Å². The lowest BCUT2D eigenvalue weighted by Crippen LogP contribution is -2.46. The average Bonchev–Trinajstić information content (AvgIpc) is 3.39. The Hall–Kier alpha value is -1.51. The number of ether oxygens (including phenoxy) is 1. The molecule has 4 rings (SSSR count). The fourth-order valence-electron chi connectivity index (χ4n) is 3.93. The van der Waals surface area contributed by atoms with Gasteiger partial charge in [0.1, 0.15) is 0 Å². The van der Waals surface area contributed by atoms with Crippen LogP contribution in [-0.4, -0.2) is 47.5 Å². The van der Waals surface area contributed by atoms with Gasteiger partial charge in [0.25, 0.3) is 0 Å². The number of hydrogen-bond donors (Lipinski definition) is 1. The Balaban J connectivity index is 1.43. The Bertz CT molecular complexity index is 691. The highest BCUT2D eigenvalue weighted by Crippen LogP contribution is 2.32. The van der Waals surface area contributed by atoms with E-state index in [1.807, 2.05) is 11.6 Å². The van der Waals surface area contributed by atoms with Crippen LogP contribution in [0.5, 0.6) is 0 Å². The van der Waals surface area contributed by atoms with Crippen LogP contribution in [0.2, 0.25) is 0 Å². The molecule has 27 heavy (non-hydrogen) atoms. The molecule has 0 radical (unpaired) electrons. The first-order chi connectivity index (χ1) is 13.2. The summed E-state index contributed by atoms with van der Waals surface area (Å²) in [6, 6.07) is 0.578. The van der Waals surface area contributed by atoms with E-state index in [1.54, 1.807) is 11.3 Å². The molecule has 4 heterocycles. The molecule has 1 N–H and O–H groups in total. The fraction of sp³-hybridized carbons (Fsp3) is 0.737. The van der Waals surface area contributed by atoms with Gasteiger partial charge in [-0.2, -0.15) is 4.98 Å². The lowest BCUT2D eigenvalue weighted by Gasteiger charge is -2.36. The SMILES string of the molecule is CC(C)c1noc(C(NC2CCN(c3nccs3)CC2)C2CCOCC2)n1. The zero-order chi connectivity index (χ0) is 18.6. The minimum absolute atomic E-state index is 0.116. The van der Waals surface area contributed by atoms with E-state index in [2.05, 4.69) is 34.2 Å². The number of nitrogens with zero attached hydrogens (tertiary/aromatic N) is 4. The predicted molar refractivity (Wildman–Crippen MR) is 105 cm³/mol. The highest BCUT2D eigenvalue weighted by Gasteiger charge is 2.33. The molecule has 2 aliphatic rings. The van der Waals surface area contributed by atoms with Crippen molar-refractivity contribution in [2.75, 3.05) is 31.2 Å². The number of nitrogens with one attached hydrogen (secondary N) is 1. The fourth-order valence-corrected chi connectivity index (χ4v) is 4.63. The monoisotopic (exact) mass is 391 g/mol. The van der Waals surface area contributed by atoms with Gasteiger partial charge in [0.15, 0.2) is 11.0 Å². The van der Waals surface area contributed by atoms with Gasteiger partial charge in [0, 0.05) is 49.8 Å². The van der Waals surface area contributed by atoms with E-state index in [9.17, 15) is 0 Å². The summed E-state index contributed by atoms with van der Waals surface area (Å²) in [6.07, 6.45) is 6.16. The molecule has 0 aliphatic carbocycles. The summed E-state index contributed by atoms with van der Waals surface area (Å²) in [5.74, 6) is 2.30. The minimum atomic E-state index is 0.116. The zero-order valence-corrected chi connectivity index (χ0v) is 17.0. The van der Waals surface area contributed by atoms with Gasteiger partial charge in [0.05, 0.1) is 6.04 Å². The van der Waals surface area contributed by atoms with Crippen LogP contribution in [0.4, 0.5) is 5.13 Å². The highest BCUT2D eigenvalue weighted by atomic mass is 32.1. The van der Waals surface area contributed by atoms with Crippen molar-refractivity contribution in [1.82, 2.24) is 20.4 Å². The van der Waals surface area contributed by atoms with Crippen LogP contribution in [0.3, 0.4) is 0 Å². The van der Waals surface area contributed by atoms with Crippen molar-refractivity contribution >= 4 is 16.5 Å². The molecule has 0 saturated carbocycles. The van der Waals surface area contributed by atoms with Crippen molar-refractivity contribution in [3.8, 4) is 0 Å². The van der Waals surface area contributed by atoms with E-state index in [0.717, 1.165) is 68.8 Å². The number of aromatic nitrogens is 3. The third-order valence-electron chi connectivity index (χ3n) is 5.58. The molecule has 1 atom stereocenters. The first kappa shape index (κ1) is 18.8. The van der Waals surface area contributed by atoms with Crippen molar-refractivity contribution < 1.29 is 9.26 Å². The first-order valence-electron chi connectivity index (χ1n) is 10.0. The van der Waals surface area contributed by atoms with Crippen molar-refractivity contribution in [2.24, 2.45) is 5.92 Å². The van der Waals surface area contributed by atoms with Crippen molar-refractivity contribution in [1.29, 1.82) is 0 Å². The van der Waals surface area contributed by atoms with Crippen LogP contribution in [-0.2, 0) is 4.74 Å². The molecule has 2 aliphatic heterocycles. The number of thiazole rings is 1. The molecule has 0 spiro atoms. The molecule has 0 aromatic carbocycles. The smallest absolute Gasteiger partial charge is 0.244 e. The molecule has 2 saturated heterocycles. The Morgan fingerprint density at radius 3 is 2.59 bits per heavy atom. The lowest BCUT2D eigenvalue weighted by atomic mass is 9.90. The molecule has 0 bridgehead atoms. The second-order valence-corrected chi connectivity index (χ2v) is 8.69. The summed E-state index contributed by atoms with van der Waals surface area (Å²) in [5, 5.41) is 11.2. The topological polar surface area (TPSA) is 76.3 Å². The van der Waals surface area contributed by atoms with Gasteiger partial charge >= 0.3 is 0 Å². The first-order valence-corrected chi connectivity index (χ1v) is 10.9. The number of anilines is 1. The molecule has 2 aromatic heterocycles. The van der Waals surface area contributed by atoms with Gasteiger partial charge in [-0.15, -0.1) is 11.3 Å². The largest absolute Gasteiger partial charge is 0.381 e. The molecule has 2 fully saturated rings. The molecular formula is C19H29N5O2S. The van der Waals surface area contributed by atoms with E-state index < -0.39 is 0 Å². The van der Waals surface area contributed by atoms with E-state index in [-0.39, 0.29) is 12.0 Å². The van der Waals surface area contributed by atoms with Crippen molar-refractivity contribution in [3.63, 3.8) is 0 Å².